The minimum Gasteiger partial charge on any atom is -0.394 e. The molecule has 1 unspecified atom stereocenters. The maximum Gasteiger partial charge on any atom is 0.142 e. The fraction of sp³-hybridized carbons (Fsp3) is 1.00. The monoisotopic (exact) mass is 178 g/mol. The Kier molecular flexibility index (Phi) is 3.42. The lowest BCUT2D eigenvalue weighted by molar-refractivity contribution is -0.239. The number of aliphatic hydroxyl groups is 3. The van der Waals surface area contributed by atoms with Crippen molar-refractivity contribution in [2.75, 3.05) is 33.0 Å². The topological polar surface area (TPSA) is 79.2 Å². The van der Waals surface area contributed by atoms with E-state index in [0.29, 0.717) is 13.2 Å². The van der Waals surface area contributed by atoms with Crippen LogP contribution in [0.4, 0.5) is 0 Å². The van der Waals surface area contributed by atoms with Crippen molar-refractivity contribution in [3.05, 3.63) is 0 Å². The Labute approximate surface area is 70.5 Å². The molecule has 0 aliphatic carbocycles. The molecule has 0 aromatic rings. The van der Waals surface area contributed by atoms with Crippen LogP contribution < -0.4 is 0 Å². The van der Waals surface area contributed by atoms with E-state index in [4.69, 9.17) is 24.8 Å². The summed E-state index contributed by atoms with van der Waals surface area (Å²) in [4.78, 5) is 0. The molecular formula is C7H14O5. The van der Waals surface area contributed by atoms with E-state index in [1.165, 1.54) is 0 Å². The highest BCUT2D eigenvalue weighted by molar-refractivity contribution is 4.90. The normalized spacial score (nSPS) is 28.8. The molecule has 0 aromatic carbocycles. The minimum atomic E-state index is -1.13. The van der Waals surface area contributed by atoms with Crippen LogP contribution in [0.15, 0.2) is 0 Å². The largest absolute Gasteiger partial charge is 0.394 e. The van der Waals surface area contributed by atoms with Gasteiger partial charge in [-0.05, 0) is 0 Å². The van der Waals surface area contributed by atoms with Crippen LogP contribution in [0.5, 0.6) is 0 Å². The number of aliphatic hydroxyl groups excluding tert-OH is 3. The molecule has 72 valence electrons. The molecule has 12 heavy (non-hydrogen) atoms. The van der Waals surface area contributed by atoms with Crippen LogP contribution in [0.1, 0.15) is 0 Å². The first kappa shape index (κ1) is 9.88. The molecule has 1 saturated heterocycles. The molecule has 5 nitrogen and oxygen atoms in total. The maximum atomic E-state index is 8.97. The first-order valence-corrected chi connectivity index (χ1v) is 3.87. The van der Waals surface area contributed by atoms with Gasteiger partial charge in [0.25, 0.3) is 0 Å². The summed E-state index contributed by atoms with van der Waals surface area (Å²) in [6, 6.07) is 0. The second kappa shape index (κ2) is 4.15. The zero-order valence-electron chi connectivity index (χ0n) is 6.77. The van der Waals surface area contributed by atoms with E-state index in [-0.39, 0.29) is 19.8 Å². The lowest BCUT2D eigenvalue weighted by atomic mass is 9.98. The predicted octanol–water partition coefficient (Wildman–Crippen LogP) is -1.88. The van der Waals surface area contributed by atoms with Crippen molar-refractivity contribution >= 4 is 0 Å². The molecule has 1 fully saturated rings. The van der Waals surface area contributed by atoms with Crippen LogP contribution in [0.2, 0.25) is 0 Å². The van der Waals surface area contributed by atoms with Crippen molar-refractivity contribution in [1.82, 2.24) is 0 Å². The Hall–Kier alpha value is -0.200. The molecule has 5 heteroatoms. The SMILES string of the molecule is OCC1OCCOC1(CO)CO. The van der Waals surface area contributed by atoms with E-state index < -0.39 is 11.7 Å². The highest BCUT2D eigenvalue weighted by atomic mass is 16.6. The minimum absolute atomic E-state index is 0.263. The van der Waals surface area contributed by atoms with E-state index in [2.05, 4.69) is 0 Å². The van der Waals surface area contributed by atoms with Crippen molar-refractivity contribution in [3.63, 3.8) is 0 Å². The molecule has 0 aromatic heterocycles. The number of ether oxygens (including phenoxy) is 2. The van der Waals surface area contributed by atoms with Crippen LogP contribution in [0.25, 0.3) is 0 Å². The first-order valence-electron chi connectivity index (χ1n) is 3.87. The molecule has 1 heterocycles. The number of rotatable bonds is 3. The Balaban J connectivity index is 2.66. The molecule has 0 saturated carbocycles. The van der Waals surface area contributed by atoms with Gasteiger partial charge in [0, 0.05) is 0 Å². The van der Waals surface area contributed by atoms with E-state index in [1.54, 1.807) is 0 Å². The molecule has 0 radical (unpaired) electrons. The van der Waals surface area contributed by atoms with Crippen LogP contribution >= 0.6 is 0 Å². The van der Waals surface area contributed by atoms with Gasteiger partial charge in [-0.25, -0.2) is 0 Å². The van der Waals surface area contributed by atoms with Gasteiger partial charge < -0.3 is 24.8 Å². The summed E-state index contributed by atoms with van der Waals surface area (Å²) in [5, 5.41) is 26.8. The molecule has 0 bridgehead atoms. The van der Waals surface area contributed by atoms with Gasteiger partial charge in [0.2, 0.25) is 0 Å². The molecule has 3 N–H and O–H groups in total. The quantitative estimate of drug-likeness (QED) is 0.471. The standard InChI is InChI=1S/C7H14O5/c8-3-6-7(4-9,5-10)12-2-1-11-6/h6,8-10H,1-5H2. The summed E-state index contributed by atoms with van der Waals surface area (Å²) in [6.45, 7) is -0.255. The second-order valence-electron chi connectivity index (χ2n) is 2.77. The molecule has 1 aliphatic rings. The lowest BCUT2D eigenvalue weighted by Crippen LogP contribution is -2.57. The van der Waals surface area contributed by atoms with Gasteiger partial charge in [-0.15, -0.1) is 0 Å². The average molecular weight is 178 g/mol. The van der Waals surface area contributed by atoms with Gasteiger partial charge in [-0.3, -0.25) is 0 Å². The molecular weight excluding hydrogens is 164 g/mol. The van der Waals surface area contributed by atoms with Crippen LogP contribution in [0, 0.1) is 0 Å². The van der Waals surface area contributed by atoms with Gasteiger partial charge in [0.15, 0.2) is 0 Å². The summed E-state index contributed by atoms with van der Waals surface area (Å²) in [5.41, 5.74) is -1.13. The maximum absolute atomic E-state index is 8.97. The van der Waals surface area contributed by atoms with E-state index >= 15 is 0 Å². The van der Waals surface area contributed by atoms with Crippen LogP contribution in [-0.2, 0) is 9.47 Å². The van der Waals surface area contributed by atoms with Crippen molar-refractivity contribution in [2.45, 2.75) is 11.7 Å². The Bertz CT molecular complexity index is 134. The third kappa shape index (κ3) is 1.60. The van der Waals surface area contributed by atoms with E-state index in [0.717, 1.165) is 0 Å². The Morgan fingerprint density at radius 3 is 2.25 bits per heavy atom. The smallest absolute Gasteiger partial charge is 0.142 e. The van der Waals surface area contributed by atoms with E-state index in [9.17, 15) is 0 Å². The highest BCUT2D eigenvalue weighted by Crippen LogP contribution is 2.21. The Morgan fingerprint density at radius 1 is 1.17 bits per heavy atom. The predicted molar refractivity (Wildman–Crippen MR) is 39.7 cm³/mol. The zero-order valence-corrected chi connectivity index (χ0v) is 6.77. The third-order valence-electron chi connectivity index (χ3n) is 2.08. The van der Waals surface area contributed by atoms with Crippen molar-refractivity contribution < 1.29 is 24.8 Å². The van der Waals surface area contributed by atoms with Crippen molar-refractivity contribution in [1.29, 1.82) is 0 Å². The summed E-state index contributed by atoms with van der Waals surface area (Å²) in [7, 11) is 0. The molecule has 1 rings (SSSR count). The van der Waals surface area contributed by atoms with Gasteiger partial charge in [-0.2, -0.15) is 0 Å². The average Bonchev–Trinajstić information content (AvgIpc) is 2.17. The van der Waals surface area contributed by atoms with Gasteiger partial charge in [-0.1, -0.05) is 0 Å². The molecule has 1 atom stereocenters. The van der Waals surface area contributed by atoms with Gasteiger partial charge in [0.05, 0.1) is 33.0 Å². The summed E-state index contributed by atoms with van der Waals surface area (Å²) < 4.78 is 10.3. The third-order valence-corrected chi connectivity index (χ3v) is 2.08. The van der Waals surface area contributed by atoms with Crippen LogP contribution in [-0.4, -0.2) is 60.1 Å². The zero-order chi connectivity index (χ0) is 9.03. The number of hydrogen-bond donors (Lipinski definition) is 3. The first-order chi connectivity index (χ1) is 5.79. The highest BCUT2D eigenvalue weighted by Gasteiger charge is 2.42. The number of hydrogen-bond acceptors (Lipinski definition) is 5. The van der Waals surface area contributed by atoms with Crippen molar-refractivity contribution in [2.24, 2.45) is 0 Å². The van der Waals surface area contributed by atoms with Crippen LogP contribution in [0.3, 0.4) is 0 Å². The molecule has 0 amide bonds. The second-order valence-corrected chi connectivity index (χ2v) is 2.77. The fourth-order valence-corrected chi connectivity index (χ4v) is 1.24. The molecule has 0 spiro atoms. The Morgan fingerprint density at radius 2 is 1.83 bits per heavy atom. The lowest BCUT2D eigenvalue weighted by Gasteiger charge is -2.40. The summed E-state index contributed by atoms with van der Waals surface area (Å²) in [6.07, 6.45) is -0.638. The summed E-state index contributed by atoms with van der Waals surface area (Å²) in [5.74, 6) is 0. The van der Waals surface area contributed by atoms with Gasteiger partial charge >= 0.3 is 0 Å². The summed E-state index contributed by atoms with van der Waals surface area (Å²) >= 11 is 0. The van der Waals surface area contributed by atoms with Crippen molar-refractivity contribution in [3.8, 4) is 0 Å². The van der Waals surface area contributed by atoms with Gasteiger partial charge in [0.1, 0.15) is 11.7 Å². The fourth-order valence-electron chi connectivity index (χ4n) is 1.24. The van der Waals surface area contributed by atoms with E-state index in [1.807, 2.05) is 0 Å². The molecule has 1 aliphatic heterocycles.